The average molecular weight is 502 g/mol. The molecule has 0 aliphatic heterocycles. The van der Waals surface area contributed by atoms with Crippen molar-refractivity contribution in [3.05, 3.63) is 52.7 Å². The molecule has 2 N–H and O–H groups in total. The van der Waals surface area contributed by atoms with Crippen LogP contribution in [0.3, 0.4) is 0 Å². The first-order valence-electron chi connectivity index (χ1n) is 12.7. The minimum atomic E-state index is -1.42. The normalized spacial score (nSPS) is 23.5. The maximum Gasteiger partial charge on any atom is 0.306 e. The number of carboxylic acid groups (broad SMARTS) is 1. The molecule has 6 nitrogen and oxygen atoms in total. The van der Waals surface area contributed by atoms with Crippen molar-refractivity contribution in [2.75, 3.05) is 6.61 Å². The number of H-pyrrole nitrogens is 1. The first-order valence-corrected chi connectivity index (χ1v) is 12.7. The second kappa shape index (κ2) is 12.8. The predicted molar refractivity (Wildman–Crippen MR) is 139 cm³/mol. The van der Waals surface area contributed by atoms with Crippen LogP contribution in [0.5, 0.6) is 0 Å². The number of fused-ring (bicyclic) bond motifs is 1. The van der Waals surface area contributed by atoms with E-state index in [1.54, 1.807) is 25.2 Å². The number of aryl methyl sites for hydroxylation is 2. The number of hydrogen-bond donors (Lipinski definition) is 2. The Kier molecular flexibility index (Phi) is 9.81. The molecule has 8 heteroatoms. The number of carboxylic acids is 1. The Bertz CT molecular complexity index is 1190. The molecular weight excluding hydrogens is 464 g/mol. The first kappa shape index (κ1) is 27.6. The van der Waals surface area contributed by atoms with E-state index in [2.05, 4.69) is 28.0 Å². The van der Waals surface area contributed by atoms with Crippen molar-refractivity contribution in [1.29, 1.82) is 0 Å². The van der Waals surface area contributed by atoms with Crippen LogP contribution >= 0.6 is 0 Å². The average Bonchev–Trinajstić information content (AvgIpc) is 3.42. The van der Waals surface area contributed by atoms with Crippen molar-refractivity contribution in [1.82, 2.24) is 14.5 Å². The van der Waals surface area contributed by atoms with Crippen LogP contribution in [-0.4, -0.2) is 44.5 Å². The van der Waals surface area contributed by atoms with Crippen molar-refractivity contribution in [2.45, 2.75) is 71.7 Å². The molecule has 2 aliphatic rings. The summed E-state index contributed by atoms with van der Waals surface area (Å²) in [6, 6.07) is 1.94. The number of carbonyl (C=O) groups is 1. The molecule has 36 heavy (non-hydrogen) atoms. The number of aromatic nitrogens is 3. The smallest absolute Gasteiger partial charge is 0.306 e. The van der Waals surface area contributed by atoms with E-state index in [1.807, 2.05) is 19.2 Å². The number of alkyl halides is 1. The number of nitrogens with zero attached hydrogens (tertiary/aromatic N) is 2. The van der Waals surface area contributed by atoms with Crippen LogP contribution in [-0.2, 0) is 16.1 Å². The van der Waals surface area contributed by atoms with Gasteiger partial charge in [0, 0.05) is 25.0 Å². The van der Waals surface area contributed by atoms with Gasteiger partial charge in [-0.15, -0.1) is 0 Å². The number of halogens is 2. The van der Waals surface area contributed by atoms with E-state index in [0.717, 1.165) is 56.5 Å². The van der Waals surface area contributed by atoms with E-state index in [0.29, 0.717) is 17.3 Å². The molecule has 0 bridgehead atoms. The Hall–Kier alpha value is -3.00. The Balaban J connectivity index is 0.000000253. The highest BCUT2D eigenvalue weighted by Crippen LogP contribution is 2.27. The molecular formula is C28H37F2N3O3. The molecule has 1 saturated carbocycles. The zero-order valence-electron chi connectivity index (χ0n) is 21.3. The molecule has 0 spiro atoms. The highest BCUT2D eigenvalue weighted by atomic mass is 19.1. The Morgan fingerprint density at radius 2 is 2.06 bits per heavy atom. The van der Waals surface area contributed by atoms with Crippen LogP contribution in [0, 0.1) is 18.8 Å². The Morgan fingerprint density at radius 1 is 1.33 bits per heavy atom. The Morgan fingerprint density at radius 3 is 2.67 bits per heavy atom. The van der Waals surface area contributed by atoms with Crippen LogP contribution < -0.4 is 10.7 Å². The van der Waals surface area contributed by atoms with Crippen molar-refractivity contribution < 1.29 is 23.4 Å². The van der Waals surface area contributed by atoms with E-state index in [-0.39, 0.29) is 11.3 Å². The minimum Gasteiger partial charge on any atom is -0.481 e. The summed E-state index contributed by atoms with van der Waals surface area (Å²) in [4.78, 5) is 17.6. The van der Waals surface area contributed by atoms with E-state index in [1.165, 1.54) is 6.08 Å². The highest BCUT2D eigenvalue weighted by molar-refractivity contribution is 5.70. The van der Waals surface area contributed by atoms with E-state index in [9.17, 15) is 13.6 Å². The molecule has 2 aromatic heterocycles. The lowest BCUT2D eigenvalue weighted by molar-refractivity contribution is -0.143. The van der Waals surface area contributed by atoms with Gasteiger partial charge in [0.15, 0.2) is 0 Å². The van der Waals surface area contributed by atoms with Gasteiger partial charge < -0.3 is 19.4 Å². The fraction of sp³-hybridized carbons (Fsp3) is 0.500. The maximum atomic E-state index is 14.6. The molecule has 2 aromatic rings. The number of aliphatic carboxylic acids is 1. The quantitative estimate of drug-likeness (QED) is 0.546. The van der Waals surface area contributed by atoms with Crippen molar-refractivity contribution in [3.63, 3.8) is 0 Å². The molecule has 2 heterocycles. The number of nitrogens with one attached hydrogen (secondary N) is 1. The molecule has 1 fully saturated rings. The number of hydrogen-bond acceptors (Lipinski definition) is 3. The van der Waals surface area contributed by atoms with Crippen molar-refractivity contribution >= 4 is 30.0 Å². The molecule has 2 atom stereocenters. The molecule has 2 aliphatic carbocycles. The SMILES string of the molecule is C=Cc1c(/C=C/C2C(F)=c3nc(C)[nH]c3=CC2F)ccn1CCC.CCOC1CCC(C(=O)O)CC1. The van der Waals surface area contributed by atoms with Crippen LogP contribution in [0.2, 0.25) is 0 Å². The number of aromatic amines is 1. The van der Waals surface area contributed by atoms with Crippen LogP contribution in [0.25, 0.3) is 24.1 Å². The zero-order chi connectivity index (χ0) is 26.2. The summed E-state index contributed by atoms with van der Waals surface area (Å²) in [5, 5.41) is 9.34. The number of allylic oxidation sites excluding steroid dienone is 1. The van der Waals surface area contributed by atoms with Crippen LogP contribution in [0.4, 0.5) is 8.78 Å². The fourth-order valence-corrected chi connectivity index (χ4v) is 4.80. The minimum absolute atomic E-state index is 0.123. The molecule has 0 aromatic carbocycles. The lowest BCUT2D eigenvalue weighted by atomic mass is 9.87. The largest absolute Gasteiger partial charge is 0.481 e. The van der Waals surface area contributed by atoms with Crippen molar-refractivity contribution in [2.24, 2.45) is 11.8 Å². The fourth-order valence-electron chi connectivity index (χ4n) is 4.80. The molecule has 4 rings (SSSR count). The first-order chi connectivity index (χ1) is 17.3. The second-order valence-electron chi connectivity index (χ2n) is 9.25. The third-order valence-electron chi connectivity index (χ3n) is 6.64. The standard InChI is InChI=1S/C19H21F2N3.C9H16O3/c1-4-9-24-10-8-13(17(24)5-2)6-7-14-15(20)11-16-19(18(14)21)23-12(3)22-16;1-2-12-8-5-3-7(4-6-8)9(10)11/h5-8,10-11,14-15H,2,4,9H2,1,3H3,(H,22,23);7-8H,2-6H2,1H3,(H,10,11)/b7-6+;. The van der Waals surface area contributed by atoms with E-state index < -0.39 is 23.9 Å². The number of rotatable bonds is 8. The van der Waals surface area contributed by atoms with E-state index >= 15 is 0 Å². The summed E-state index contributed by atoms with van der Waals surface area (Å²) in [7, 11) is 0. The van der Waals surface area contributed by atoms with Gasteiger partial charge in [0.1, 0.15) is 23.2 Å². The van der Waals surface area contributed by atoms with Gasteiger partial charge in [-0.1, -0.05) is 25.7 Å². The monoisotopic (exact) mass is 501 g/mol. The molecule has 0 amide bonds. The molecule has 0 radical (unpaired) electrons. The number of imidazole rings is 1. The maximum absolute atomic E-state index is 14.6. The van der Waals surface area contributed by atoms with Gasteiger partial charge in [-0.25, -0.2) is 13.8 Å². The Labute approximate surface area is 211 Å². The predicted octanol–water partition coefficient (Wildman–Crippen LogP) is 4.78. The van der Waals surface area contributed by atoms with Gasteiger partial charge in [0.05, 0.1) is 23.3 Å². The summed E-state index contributed by atoms with van der Waals surface area (Å²) >= 11 is 0. The van der Waals surface area contributed by atoms with Gasteiger partial charge in [-0.05, 0) is 69.7 Å². The van der Waals surface area contributed by atoms with Gasteiger partial charge in [0.25, 0.3) is 0 Å². The highest BCUT2D eigenvalue weighted by Gasteiger charge is 2.27. The molecule has 0 saturated heterocycles. The van der Waals surface area contributed by atoms with Crippen molar-refractivity contribution in [3.8, 4) is 0 Å². The number of ether oxygens (including phenoxy) is 1. The summed E-state index contributed by atoms with van der Waals surface area (Å²) in [5.41, 5.74) is 1.86. The molecule has 2 unspecified atom stereocenters. The summed E-state index contributed by atoms with van der Waals surface area (Å²) in [6.45, 7) is 11.3. The summed E-state index contributed by atoms with van der Waals surface area (Å²) < 4.78 is 36.5. The third kappa shape index (κ3) is 6.60. The summed E-state index contributed by atoms with van der Waals surface area (Å²) in [6.07, 6.45) is 11.7. The topological polar surface area (TPSA) is 80.1 Å². The van der Waals surface area contributed by atoms with E-state index in [4.69, 9.17) is 9.84 Å². The van der Waals surface area contributed by atoms with Gasteiger partial charge in [0.2, 0.25) is 0 Å². The zero-order valence-corrected chi connectivity index (χ0v) is 21.3. The lowest BCUT2D eigenvalue weighted by Crippen LogP contribution is -2.36. The second-order valence-corrected chi connectivity index (χ2v) is 9.25. The summed E-state index contributed by atoms with van der Waals surface area (Å²) in [5.74, 6) is -1.68. The van der Waals surface area contributed by atoms with Crippen LogP contribution in [0.1, 0.15) is 63.0 Å². The third-order valence-corrected chi connectivity index (χ3v) is 6.64. The molecule has 196 valence electrons. The lowest BCUT2D eigenvalue weighted by Gasteiger charge is -2.25. The van der Waals surface area contributed by atoms with Gasteiger partial charge in [-0.3, -0.25) is 4.79 Å². The van der Waals surface area contributed by atoms with Crippen LogP contribution in [0.15, 0.2) is 24.9 Å². The van der Waals surface area contributed by atoms with Gasteiger partial charge in [-0.2, -0.15) is 0 Å². The van der Waals surface area contributed by atoms with Gasteiger partial charge >= 0.3 is 5.97 Å².